The molecule has 1 amide bonds. The summed E-state index contributed by atoms with van der Waals surface area (Å²) in [6.45, 7) is 13.3. The van der Waals surface area contributed by atoms with Gasteiger partial charge in [-0.15, -0.1) is 6.58 Å². The summed E-state index contributed by atoms with van der Waals surface area (Å²) >= 11 is 0. The third kappa shape index (κ3) is 7.22. The van der Waals surface area contributed by atoms with E-state index in [2.05, 4.69) is 21.5 Å². The molecule has 2 rings (SSSR count). The second-order valence-electron chi connectivity index (χ2n) is 7.98. The van der Waals surface area contributed by atoms with Crippen molar-refractivity contribution in [2.45, 2.75) is 51.7 Å². The molecule has 0 aliphatic carbocycles. The van der Waals surface area contributed by atoms with Gasteiger partial charge in [-0.25, -0.2) is 13.1 Å². The maximum Gasteiger partial charge on any atom is 0.241 e. The summed E-state index contributed by atoms with van der Waals surface area (Å²) in [5.74, 6) is -0.0325. The molecule has 0 aromatic heterocycles. The number of hydrogen-bond acceptors (Lipinski definition) is 5. The molecular formula is C21H33N3O4S. The molecule has 1 saturated heterocycles. The number of carbonyl (C=O) groups excluding carboxylic acids is 1. The van der Waals surface area contributed by atoms with Crippen LogP contribution in [-0.2, 0) is 25.3 Å². The van der Waals surface area contributed by atoms with Crippen LogP contribution in [0.1, 0.15) is 33.3 Å². The number of rotatable bonds is 9. The van der Waals surface area contributed by atoms with E-state index >= 15 is 0 Å². The molecule has 0 bridgehead atoms. The van der Waals surface area contributed by atoms with Gasteiger partial charge in [0.2, 0.25) is 15.9 Å². The molecule has 1 aromatic carbocycles. The number of hydrogen-bond donors (Lipinski definition) is 2. The Hall–Kier alpha value is -1.74. The lowest BCUT2D eigenvalue weighted by Crippen LogP contribution is -2.55. The molecule has 1 fully saturated rings. The molecule has 8 heteroatoms. The molecule has 0 spiro atoms. The maximum atomic E-state index is 13.0. The molecule has 1 aliphatic heterocycles. The number of amides is 1. The van der Waals surface area contributed by atoms with Gasteiger partial charge in [0.15, 0.2) is 0 Å². The smallest absolute Gasteiger partial charge is 0.241 e. The Kier molecular flexibility index (Phi) is 8.39. The SMILES string of the molecule is C=CCNS(=O)(=O)Cc1ccc(NC(=O)C(C(C)C)N2CC(C)OC(C)C2)cc1. The Morgan fingerprint density at radius 3 is 2.34 bits per heavy atom. The minimum Gasteiger partial charge on any atom is -0.373 e. The fourth-order valence-electron chi connectivity index (χ4n) is 3.69. The average Bonchev–Trinajstić information content (AvgIpc) is 2.60. The van der Waals surface area contributed by atoms with E-state index in [1.54, 1.807) is 24.3 Å². The minimum absolute atomic E-state index is 0.0608. The van der Waals surface area contributed by atoms with Gasteiger partial charge >= 0.3 is 0 Å². The van der Waals surface area contributed by atoms with E-state index in [-0.39, 0.29) is 42.4 Å². The third-order valence-corrected chi connectivity index (χ3v) is 6.09. The lowest BCUT2D eigenvalue weighted by Gasteiger charge is -2.41. The molecule has 2 N–H and O–H groups in total. The number of nitrogens with one attached hydrogen (secondary N) is 2. The largest absolute Gasteiger partial charge is 0.373 e. The summed E-state index contributed by atoms with van der Waals surface area (Å²) in [5.41, 5.74) is 1.30. The van der Waals surface area contributed by atoms with Gasteiger partial charge in [-0.05, 0) is 37.5 Å². The summed E-state index contributed by atoms with van der Waals surface area (Å²) < 4.78 is 32.2. The molecule has 1 aliphatic rings. The van der Waals surface area contributed by atoms with Gasteiger partial charge in [-0.1, -0.05) is 32.1 Å². The molecule has 0 saturated carbocycles. The lowest BCUT2D eigenvalue weighted by atomic mass is 9.99. The third-order valence-electron chi connectivity index (χ3n) is 4.77. The van der Waals surface area contributed by atoms with Crippen LogP contribution >= 0.6 is 0 Å². The van der Waals surface area contributed by atoms with Crippen molar-refractivity contribution in [3.8, 4) is 0 Å². The monoisotopic (exact) mass is 423 g/mol. The molecule has 1 aromatic rings. The zero-order valence-electron chi connectivity index (χ0n) is 17.7. The molecule has 0 radical (unpaired) electrons. The van der Waals surface area contributed by atoms with Gasteiger partial charge in [-0.2, -0.15) is 0 Å². The van der Waals surface area contributed by atoms with Crippen LogP contribution in [0.25, 0.3) is 0 Å². The summed E-state index contributed by atoms with van der Waals surface area (Å²) in [4.78, 5) is 15.2. The van der Waals surface area contributed by atoms with Crippen LogP contribution in [0.5, 0.6) is 0 Å². The summed E-state index contributed by atoms with van der Waals surface area (Å²) in [7, 11) is -3.41. The number of benzene rings is 1. The van der Waals surface area contributed by atoms with Crippen molar-refractivity contribution in [1.29, 1.82) is 0 Å². The number of sulfonamides is 1. The summed E-state index contributed by atoms with van der Waals surface area (Å²) in [6, 6.07) is 6.64. The van der Waals surface area contributed by atoms with Gasteiger partial charge in [0.05, 0.1) is 24.0 Å². The van der Waals surface area contributed by atoms with E-state index in [9.17, 15) is 13.2 Å². The number of morpholine rings is 1. The minimum atomic E-state index is -3.41. The highest BCUT2D eigenvalue weighted by Gasteiger charge is 2.34. The second kappa shape index (κ2) is 10.3. The van der Waals surface area contributed by atoms with Crippen LogP contribution in [-0.4, -0.2) is 57.1 Å². The molecule has 3 atom stereocenters. The van der Waals surface area contributed by atoms with E-state index in [0.717, 1.165) is 13.1 Å². The van der Waals surface area contributed by atoms with Crippen LogP contribution in [0.4, 0.5) is 5.69 Å². The first-order valence-electron chi connectivity index (χ1n) is 9.99. The number of nitrogens with zero attached hydrogens (tertiary/aromatic N) is 1. The first kappa shape index (κ1) is 23.5. The highest BCUT2D eigenvalue weighted by molar-refractivity contribution is 7.88. The fraction of sp³-hybridized carbons (Fsp3) is 0.571. The Morgan fingerprint density at radius 2 is 1.83 bits per heavy atom. The van der Waals surface area contributed by atoms with Crippen LogP contribution in [0, 0.1) is 5.92 Å². The Labute approximate surface area is 174 Å². The van der Waals surface area contributed by atoms with Gasteiger partial charge in [-0.3, -0.25) is 9.69 Å². The number of ether oxygens (including phenoxy) is 1. The maximum absolute atomic E-state index is 13.0. The van der Waals surface area contributed by atoms with Crippen LogP contribution in [0.2, 0.25) is 0 Å². The topological polar surface area (TPSA) is 87.7 Å². The van der Waals surface area contributed by atoms with E-state index in [1.165, 1.54) is 6.08 Å². The van der Waals surface area contributed by atoms with Crippen molar-refractivity contribution in [1.82, 2.24) is 9.62 Å². The predicted octanol–water partition coefficient (Wildman–Crippen LogP) is 2.36. The summed E-state index contributed by atoms with van der Waals surface area (Å²) in [5, 5.41) is 2.97. The standard InChI is InChI=1S/C21H33N3O4S/c1-6-11-22-29(26,27)14-18-7-9-19(10-8-18)23-21(25)20(15(2)3)24-12-16(4)28-17(5)13-24/h6-10,15-17,20,22H,1,11-14H2,2-5H3,(H,23,25). The Bertz CT molecular complexity index is 783. The molecular weight excluding hydrogens is 390 g/mol. The number of carbonyl (C=O) groups is 1. The second-order valence-corrected chi connectivity index (χ2v) is 9.79. The van der Waals surface area contributed by atoms with Crippen molar-refractivity contribution in [2.24, 2.45) is 5.92 Å². The fourth-order valence-corrected chi connectivity index (χ4v) is 4.80. The van der Waals surface area contributed by atoms with E-state index in [4.69, 9.17) is 4.74 Å². The van der Waals surface area contributed by atoms with E-state index in [1.807, 2.05) is 27.7 Å². The van der Waals surface area contributed by atoms with Crippen LogP contribution < -0.4 is 10.0 Å². The van der Waals surface area contributed by atoms with Crippen molar-refractivity contribution in [2.75, 3.05) is 25.0 Å². The van der Waals surface area contributed by atoms with Crippen molar-refractivity contribution < 1.29 is 17.9 Å². The lowest BCUT2D eigenvalue weighted by molar-refractivity contribution is -0.130. The Balaban J connectivity index is 2.03. The molecule has 3 unspecified atom stereocenters. The van der Waals surface area contributed by atoms with Gasteiger partial charge in [0.25, 0.3) is 0 Å². The highest BCUT2D eigenvalue weighted by atomic mass is 32.2. The molecule has 7 nitrogen and oxygen atoms in total. The van der Waals surface area contributed by atoms with E-state index < -0.39 is 10.0 Å². The van der Waals surface area contributed by atoms with Crippen LogP contribution in [0.15, 0.2) is 36.9 Å². The first-order chi connectivity index (χ1) is 13.6. The average molecular weight is 424 g/mol. The van der Waals surface area contributed by atoms with Gasteiger partial charge in [0, 0.05) is 25.3 Å². The first-order valence-corrected chi connectivity index (χ1v) is 11.6. The van der Waals surface area contributed by atoms with Gasteiger partial charge < -0.3 is 10.1 Å². The normalized spacial score (nSPS) is 21.7. The van der Waals surface area contributed by atoms with E-state index in [0.29, 0.717) is 11.3 Å². The molecule has 162 valence electrons. The van der Waals surface area contributed by atoms with Crippen LogP contribution in [0.3, 0.4) is 0 Å². The van der Waals surface area contributed by atoms with Crippen molar-refractivity contribution >= 4 is 21.6 Å². The predicted molar refractivity (Wildman–Crippen MR) is 116 cm³/mol. The van der Waals surface area contributed by atoms with Gasteiger partial charge in [0.1, 0.15) is 0 Å². The van der Waals surface area contributed by atoms with Crippen molar-refractivity contribution in [3.63, 3.8) is 0 Å². The zero-order valence-corrected chi connectivity index (χ0v) is 18.5. The molecule has 1 heterocycles. The highest BCUT2D eigenvalue weighted by Crippen LogP contribution is 2.20. The Morgan fingerprint density at radius 1 is 1.24 bits per heavy atom. The summed E-state index contributed by atoms with van der Waals surface area (Å²) in [6.07, 6.45) is 1.67. The zero-order chi connectivity index (χ0) is 21.6. The van der Waals surface area contributed by atoms with Crippen molar-refractivity contribution in [3.05, 3.63) is 42.5 Å². The number of anilines is 1. The molecule has 29 heavy (non-hydrogen) atoms. The quantitative estimate of drug-likeness (QED) is 0.596.